The molecule has 2 N–H and O–H groups in total. The number of nitrogens with zero attached hydrogens (tertiary/aromatic N) is 3. The lowest BCUT2D eigenvalue weighted by atomic mass is 10.1. The molecule has 2 amide bonds. The van der Waals surface area contributed by atoms with E-state index in [0.717, 1.165) is 17.7 Å². The molecule has 2 aromatic carbocycles. The van der Waals surface area contributed by atoms with Crippen LogP contribution in [0.4, 0.5) is 32.3 Å². The summed E-state index contributed by atoms with van der Waals surface area (Å²) in [5, 5.41) is 5.81. The maximum absolute atomic E-state index is 13.0. The number of aryl methyl sites for hydroxylation is 1. The van der Waals surface area contributed by atoms with Gasteiger partial charge >= 0.3 is 6.03 Å². The number of aromatic nitrogens is 2. The van der Waals surface area contributed by atoms with Gasteiger partial charge in [0.1, 0.15) is 11.6 Å². The molecule has 7 heteroatoms. The van der Waals surface area contributed by atoms with Crippen molar-refractivity contribution >= 4 is 29.2 Å². The zero-order valence-electron chi connectivity index (χ0n) is 14.7. The van der Waals surface area contributed by atoms with Gasteiger partial charge in [-0.15, -0.1) is 0 Å². The largest absolute Gasteiger partial charge is 0.327 e. The quantitative estimate of drug-likeness (QED) is 0.717. The molecule has 0 fully saturated rings. The van der Waals surface area contributed by atoms with E-state index in [1.807, 2.05) is 24.3 Å². The third-order valence-electron chi connectivity index (χ3n) is 4.42. The van der Waals surface area contributed by atoms with Gasteiger partial charge < -0.3 is 5.32 Å². The Bertz CT molecular complexity index is 973. The average molecular weight is 363 g/mol. The minimum absolute atomic E-state index is 0.238. The molecule has 6 nitrogen and oxygen atoms in total. The number of amides is 2. The average Bonchev–Trinajstić information content (AvgIpc) is 2.69. The minimum atomic E-state index is -0.314. The maximum atomic E-state index is 13.0. The van der Waals surface area contributed by atoms with Crippen LogP contribution in [0.25, 0.3) is 0 Å². The molecule has 4 rings (SSSR count). The second-order valence-electron chi connectivity index (χ2n) is 6.24. The lowest BCUT2D eigenvalue weighted by Crippen LogP contribution is -2.39. The summed E-state index contributed by atoms with van der Waals surface area (Å²) in [4.78, 5) is 22.8. The van der Waals surface area contributed by atoms with Gasteiger partial charge in [0.15, 0.2) is 0 Å². The molecular formula is C20H18FN5O. The Hall–Kier alpha value is -3.48. The van der Waals surface area contributed by atoms with Crippen LogP contribution in [-0.4, -0.2) is 16.0 Å². The first-order valence-electron chi connectivity index (χ1n) is 8.68. The van der Waals surface area contributed by atoms with E-state index >= 15 is 0 Å². The van der Waals surface area contributed by atoms with Gasteiger partial charge in [-0.05, 0) is 48.4 Å². The van der Waals surface area contributed by atoms with Gasteiger partial charge in [0.2, 0.25) is 5.95 Å². The number of anilines is 4. The van der Waals surface area contributed by atoms with E-state index in [9.17, 15) is 9.18 Å². The van der Waals surface area contributed by atoms with Gasteiger partial charge in [0.05, 0.1) is 6.54 Å². The summed E-state index contributed by atoms with van der Waals surface area (Å²) in [7, 11) is 0. The topological polar surface area (TPSA) is 70.2 Å². The maximum Gasteiger partial charge on any atom is 0.327 e. The number of carbonyl (C=O) groups is 1. The van der Waals surface area contributed by atoms with Gasteiger partial charge in [0.25, 0.3) is 0 Å². The van der Waals surface area contributed by atoms with Crippen molar-refractivity contribution < 1.29 is 9.18 Å². The molecule has 0 radical (unpaired) electrons. The first-order chi connectivity index (χ1) is 13.1. The molecule has 136 valence electrons. The highest BCUT2D eigenvalue weighted by Gasteiger charge is 2.25. The Labute approximate surface area is 156 Å². The lowest BCUT2D eigenvalue weighted by Gasteiger charge is -2.28. The Morgan fingerprint density at radius 1 is 1.15 bits per heavy atom. The molecule has 0 saturated heterocycles. The Morgan fingerprint density at radius 3 is 2.59 bits per heavy atom. The summed E-state index contributed by atoms with van der Waals surface area (Å²) in [5.41, 5.74) is 3.52. The molecule has 0 atom stereocenters. The van der Waals surface area contributed by atoms with E-state index in [2.05, 4.69) is 27.5 Å². The van der Waals surface area contributed by atoms with Crippen LogP contribution < -0.4 is 15.5 Å². The van der Waals surface area contributed by atoms with Crippen LogP contribution in [0.5, 0.6) is 0 Å². The van der Waals surface area contributed by atoms with Crippen molar-refractivity contribution in [3.8, 4) is 0 Å². The zero-order chi connectivity index (χ0) is 18.8. The number of hydrogen-bond acceptors (Lipinski definition) is 4. The molecule has 2 heterocycles. The number of urea groups is 1. The molecule has 0 spiro atoms. The van der Waals surface area contributed by atoms with Crippen LogP contribution in [0, 0.1) is 5.82 Å². The van der Waals surface area contributed by atoms with Crippen molar-refractivity contribution in [2.45, 2.75) is 19.9 Å². The van der Waals surface area contributed by atoms with Crippen molar-refractivity contribution in [2.75, 3.05) is 15.5 Å². The fourth-order valence-corrected chi connectivity index (χ4v) is 2.88. The zero-order valence-corrected chi connectivity index (χ0v) is 14.7. The van der Waals surface area contributed by atoms with Crippen LogP contribution in [0.3, 0.4) is 0 Å². The highest BCUT2D eigenvalue weighted by molar-refractivity contribution is 6.03. The highest BCUT2D eigenvalue weighted by Crippen LogP contribution is 2.27. The van der Waals surface area contributed by atoms with Gasteiger partial charge in [-0.1, -0.05) is 19.1 Å². The van der Waals surface area contributed by atoms with Gasteiger partial charge in [-0.3, -0.25) is 10.2 Å². The summed E-state index contributed by atoms with van der Waals surface area (Å²) < 4.78 is 13.0. The molecule has 1 aliphatic rings. The Kier molecular flexibility index (Phi) is 4.42. The molecule has 0 bridgehead atoms. The van der Waals surface area contributed by atoms with E-state index in [4.69, 9.17) is 0 Å². The number of hydrogen-bond donors (Lipinski definition) is 2. The van der Waals surface area contributed by atoms with Gasteiger partial charge in [-0.2, -0.15) is 4.98 Å². The van der Waals surface area contributed by atoms with Crippen molar-refractivity contribution in [3.63, 3.8) is 0 Å². The SMILES string of the molecule is CCc1ccc(N2Cc3cnc(Nc4ccc(F)cc4)nc3NC2=O)cc1. The van der Waals surface area contributed by atoms with Crippen LogP contribution in [0.2, 0.25) is 0 Å². The summed E-state index contributed by atoms with van der Waals surface area (Å²) in [6.45, 7) is 2.48. The van der Waals surface area contributed by atoms with Crippen LogP contribution >= 0.6 is 0 Å². The number of halogens is 1. The summed E-state index contributed by atoms with van der Waals surface area (Å²) in [5.74, 6) is 0.494. The molecule has 0 saturated carbocycles. The van der Waals surface area contributed by atoms with E-state index in [-0.39, 0.29) is 11.8 Å². The molecular weight excluding hydrogens is 345 g/mol. The lowest BCUT2D eigenvalue weighted by molar-refractivity contribution is 0.256. The monoisotopic (exact) mass is 363 g/mol. The molecule has 0 unspecified atom stereocenters. The number of carbonyl (C=O) groups excluding carboxylic acids is 1. The molecule has 1 aromatic heterocycles. The third kappa shape index (κ3) is 3.57. The van der Waals surface area contributed by atoms with E-state index in [0.29, 0.717) is 24.0 Å². The smallest absolute Gasteiger partial charge is 0.324 e. The number of fused-ring (bicyclic) bond motifs is 1. The summed E-state index contributed by atoms with van der Waals surface area (Å²) in [6.07, 6.45) is 2.63. The summed E-state index contributed by atoms with van der Waals surface area (Å²) in [6, 6.07) is 13.6. The predicted octanol–water partition coefficient (Wildman–Crippen LogP) is 4.47. The van der Waals surface area contributed by atoms with E-state index in [1.54, 1.807) is 23.2 Å². The van der Waals surface area contributed by atoms with Crippen molar-refractivity contribution in [1.82, 2.24) is 9.97 Å². The Morgan fingerprint density at radius 2 is 1.89 bits per heavy atom. The number of benzene rings is 2. The second kappa shape index (κ2) is 7.03. The van der Waals surface area contributed by atoms with Crippen molar-refractivity contribution in [2.24, 2.45) is 0 Å². The first-order valence-corrected chi connectivity index (χ1v) is 8.68. The summed E-state index contributed by atoms with van der Waals surface area (Å²) >= 11 is 0. The second-order valence-corrected chi connectivity index (χ2v) is 6.24. The normalized spacial score (nSPS) is 13.1. The van der Waals surface area contributed by atoms with Crippen molar-refractivity contribution in [1.29, 1.82) is 0 Å². The third-order valence-corrected chi connectivity index (χ3v) is 4.42. The van der Waals surface area contributed by atoms with Gasteiger partial charge in [0, 0.05) is 23.1 Å². The first kappa shape index (κ1) is 17.0. The fourth-order valence-electron chi connectivity index (χ4n) is 2.88. The fraction of sp³-hybridized carbons (Fsp3) is 0.150. The standard InChI is InChI=1S/C20H18FN5O/c1-2-13-3-9-17(10-4-13)26-12-14-11-22-19(24-18(14)25-20(26)27)23-16-7-5-15(21)6-8-16/h3-11H,2,12H2,1H3,(H2,22,23,24,25,27). The van der Waals surface area contributed by atoms with Gasteiger partial charge in [-0.25, -0.2) is 14.2 Å². The molecule has 3 aromatic rings. The predicted molar refractivity (Wildman–Crippen MR) is 103 cm³/mol. The van der Waals surface area contributed by atoms with Crippen LogP contribution in [-0.2, 0) is 13.0 Å². The Balaban J connectivity index is 1.54. The highest BCUT2D eigenvalue weighted by atomic mass is 19.1. The number of rotatable bonds is 4. The van der Waals surface area contributed by atoms with Crippen LogP contribution in [0.1, 0.15) is 18.1 Å². The van der Waals surface area contributed by atoms with Crippen molar-refractivity contribution in [3.05, 3.63) is 71.7 Å². The minimum Gasteiger partial charge on any atom is -0.324 e. The molecule has 1 aliphatic heterocycles. The van der Waals surface area contributed by atoms with E-state index in [1.165, 1.54) is 17.7 Å². The molecule has 0 aliphatic carbocycles. The molecule has 27 heavy (non-hydrogen) atoms. The number of nitrogens with one attached hydrogen (secondary N) is 2. The van der Waals surface area contributed by atoms with E-state index < -0.39 is 0 Å². The van der Waals surface area contributed by atoms with Crippen LogP contribution in [0.15, 0.2) is 54.7 Å².